The highest BCUT2D eigenvalue weighted by atomic mass is 32.2. The molecule has 2 rings (SSSR count). The fraction of sp³-hybridized carbons (Fsp3) is 0.231. The third kappa shape index (κ3) is 3.08. The lowest BCUT2D eigenvalue weighted by molar-refractivity contribution is 0.520. The van der Waals surface area contributed by atoms with Crippen LogP contribution in [0.1, 0.15) is 4.88 Å². The SMILES string of the molecule is CN(C)S(=O)(=O)c1cccc(S(=O)(=O)c2ccc(CN)s2)c1. The summed E-state index contributed by atoms with van der Waals surface area (Å²) in [5.41, 5.74) is 5.49. The standard InChI is InChI=1S/C13H16N2O4S3/c1-15(2)22(18,19)12-5-3-4-11(8-12)21(16,17)13-7-6-10(9-14)20-13/h3-8H,9,14H2,1-2H3. The molecule has 0 bridgehead atoms. The highest BCUT2D eigenvalue weighted by Gasteiger charge is 2.23. The van der Waals surface area contributed by atoms with Crippen LogP contribution in [0.2, 0.25) is 0 Å². The van der Waals surface area contributed by atoms with Crippen LogP contribution in [0, 0.1) is 0 Å². The smallest absolute Gasteiger partial charge is 0.242 e. The van der Waals surface area contributed by atoms with E-state index >= 15 is 0 Å². The second-order valence-electron chi connectivity index (χ2n) is 4.69. The fourth-order valence-electron chi connectivity index (χ4n) is 1.74. The van der Waals surface area contributed by atoms with E-state index in [4.69, 9.17) is 5.73 Å². The van der Waals surface area contributed by atoms with E-state index in [9.17, 15) is 16.8 Å². The molecular formula is C13H16N2O4S3. The zero-order chi connectivity index (χ0) is 16.5. The number of sulfone groups is 1. The van der Waals surface area contributed by atoms with Gasteiger partial charge in [0.2, 0.25) is 19.9 Å². The number of rotatable bonds is 5. The number of thiophene rings is 1. The molecule has 120 valence electrons. The lowest BCUT2D eigenvalue weighted by atomic mass is 10.4. The molecule has 2 N–H and O–H groups in total. The molecule has 0 saturated heterocycles. The van der Waals surface area contributed by atoms with Crippen molar-refractivity contribution in [3.8, 4) is 0 Å². The van der Waals surface area contributed by atoms with Gasteiger partial charge in [-0.2, -0.15) is 0 Å². The Hall–Kier alpha value is -1.26. The molecule has 1 aromatic carbocycles. The van der Waals surface area contributed by atoms with Crippen molar-refractivity contribution >= 4 is 31.2 Å². The van der Waals surface area contributed by atoms with Gasteiger partial charge in [-0.3, -0.25) is 0 Å². The first-order valence-electron chi connectivity index (χ1n) is 6.26. The van der Waals surface area contributed by atoms with Gasteiger partial charge < -0.3 is 5.73 Å². The number of benzene rings is 1. The Morgan fingerprint density at radius 3 is 2.23 bits per heavy atom. The average molecular weight is 360 g/mol. The predicted octanol–water partition coefficient (Wildman–Crippen LogP) is 1.29. The van der Waals surface area contributed by atoms with E-state index in [0.717, 1.165) is 20.5 Å². The highest BCUT2D eigenvalue weighted by Crippen LogP contribution is 2.29. The molecule has 6 nitrogen and oxygen atoms in total. The van der Waals surface area contributed by atoms with Gasteiger partial charge in [0, 0.05) is 25.5 Å². The molecule has 0 fully saturated rings. The Labute approximate surface area is 134 Å². The zero-order valence-corrected chi connectivity index (χ0v) is 14.5. The van der Waals surface area contributed by atoms with Gasteiger partial charge in [0.25, 0.3) is 0 Å². The van der Waals surface area contributed by atoms with Gasteiger partial charge in [-0.15, -0.1) is 11.3 Å². The summed E-state index contributed by atoms with van der Waals surface area (Å²) in [6.07, 6.45) is 0. The van der Waals surface area contributed by atoms with Gasteiger partial charge in [-0.1, -0.05) is 6.07 Å². The lowest BCUT2D eigenvalue weighted by Gasteiger charge is -2.12. The van der Waals surface area contributed by atoms with Gasteiger partial charge in [0.15, 0.2) is 0 Å². The number of nitrogens with zero attached hydrogens (tertiary/aromatic N) is 1. The zero-order valence-electron chi connectivity index (χ0n) is 12.1. The van der Waals surface area contributed by atoms with E-state index in [1.54, 1.807) is 6.07 Å². The van der Waals surface area contributed by atoms with Gasteiger partial charge in [-0.25, -0.2) is 21.1 Å². The fourth-order valence-corrected chi connectivity index (χ4v) is 5.45. The Bertz CT molecular complexity index is 884. The highest BCUT2D eigenvalue weighted by molar-refractivity contribution is 7.93. The molecule has 1 aromatic heterocycles. The summed E-state index contributed by atoms with van der Waals surface area (Å²) in [6.45, 7) is 0.259. The van der Waals surface area contributed by atoms with Crippen molar-refractivity contribution < 1.29 is 16.8 Å². The topological polar surface area (TPSA) is 97.5 Å². The minimum atomic E-state index is -3.76. The van der Waals surface area contributed by atoms with Crippen LogP contribution in [0.5, 0.6) is 0 Å². The van der Waals surface area contributed by atoms with Crippen LogP contribution in [0.25, 0.3) is 0 Å². The van der Waals surface area contributed by atoms with Crippen molar-refractivity contribution in [2.24, 2.45) is 5.73 Å². The molecule has 0 atom stereocenters. The van der Waals surface area contributed by atoms with Crippen LogP contribution in [-0.2, 0) is 26.4 Å². The first-order chi connectivity index (χ1) is 10.2. The first kappa shape index (κ1) is 17.1. The summed E-state index contributed by atoms with van der Waals surface area (Å²) < 4.78 is 50.6. The van der Waals surface area contributed by atoms with E-state index in [2.05, 4.69) is 0 Å². The first-order valence-corrected chi connectivity index (χ1v) is 10.00. The van der Waals surface area contributed by atoms with Crippen molar-refractivity contribution in [2.45, 2.75) is 20.5 Å². The molecular weight excluding hydrogens is 344 g/mol. The minimum absolute atomic E-state index is 0.0548. The Kier molecular flexibility index (Phi) is 4.73. The summed E-state index contributed by atoms with van der Waals surface area (Å²) in [5, 5.41) is 0. The van der Waals surface area contributed by atoms with Crippen molar-refractivity contribution in [3.63, 3.8) is 0 Å². The summed E-state index contributed by atoms with van der Waals surface area (Å²) in [5.74, 6) is 0. The van der Waals surface area contributed by atoms with Crippen molar-refractivity contribution in [1.29, 1.82) is 0 Å². The van der Waals surface area contributed by atoms with Crippen LogP contribution >= 0.6 is 11.3 Å². The maximum absolute atomic E-state index is 12.6. The quantitative estimate of drug-likeness (QED) is 0.866. The van der Waals surface area contributed by atoms with Crippen molar-refractivity contribution in [1.82, 2.24) is 4.31 Å². The molecule has 9 heteroatoms. The molecule has 0 amide bonds. The Balaban J connectivity index is 2.54. The molecule has 0 aliphatic rings. The number of nitrogens with two attached hydrogens (primary N) is 1. The van der Waals surface area contributed by atoms with E-state index in [1.165, 1.54) is 44.4 Å². The van der Waals surface area contributed by atoms with Crippen LogP contribution in [0.3, 0.4) is 0 Å². The number of hydrogen-bond donors (Lipinski definition) is 1. The maximum atomic E-state index is 12.6. The molecule has 0 aliphatic heterocycles. The summed E-state index contributed by atoms with van der Waals surface area (Å²) in [7, 11) is -4.66. The second kappa shape index (κ2) is 6.09. The number of hydrogen-bond acceptors (Lipinski definition) is 6. The maximum Gasteiger partial charge on any atom is 0.242 e. The van der Waals surface area contributed by atoms with E-state index in [0.29, 0.717) is 0 Å². The van der Waals surface area contributed by atoms with Gasteiger partial charge >= 0.3 is 0 Å². The number of sulfonamides is 1. The van der Waals surface area contributed by atoms with Crippen LogP contribution in [-0.4, -0.2) is 35.2 Å². The monoisotopic (exact) mass is 360 g/mol. The predicted molar refractivity (Wildman–Crippen MR) is 85.0 cm³/mol. The van der Waals surface area contributed by atoms with Gasteiger partial charge in [0.05, 0.1) is 9.79 Å². The lowest BCUT2D eigenvalue weighted by Crippen LogP contribution is -2.22. The van der Waals surface area contributed by atoms with Gasteiger partial charge in [-0.05, 0) is 30.3 Å². The molecule has 1 heterocycles. The third-order valence-electron chi connectivity index (χ3n) is 3.00. The van der Waals surface area contributed by atoms with Crippen LogP contribution in [0.15, 0.2) is 50.4 Å². The second-order valence-corrected chi connectivity index (χ2v) is 10.2. The third-order valence-corrected chi connectivity index (χ3v) is 8.16. The summed E-state index contributed by atoms with van der Waals surface area (Å²) in [6, 6.07) is 8.47. The molecule has 0 aliphatic carbocycles. The molecule has 0 unspecified atom stereocenters. The average Bonchev–Trinajstić information content (AvgIpc) is 2.97. The normalized spacial score (nSPS) is 12.7. The summed E-state index contributed by atoms with van der Waals surface area (Å²) >= 11 is 1.08. The summed E-state index contributed by atoms with van der Waals surface area (Å²) in [4.78, 5) is 0.630. The van der Waals surface area contributed by atoms with Crippen LogP contribution in [0.4, 0.5) is 0 Å². The van der Waals surface area contributed by atoms with E-state index in [-0.39, 0.29) is 20.5 Å². The minimum Gasteiger partial charge on any atom is -0.326 e. The van der Waals surface area contributed by atoms with Crippen LogP contribution < -0.4 is 5.73 Å². The molecule has 22 heavy (non-hydrogen) atoms. The van der Waals surface area contributed by atoms with Gasteiger partial charge in [0.1, 0.15) is 4.21 Å². The Morgan fingerprint density at radius 1 is 1.05 bits per heavy atom. The van der Waals surface area contributed by atoms with Crippen molar-refractivity contribution in [2.75, 3.05) is 14.1 Å². The molecule has 0 saturated carbocycles. The molecule has 2 aromatic rings. The van der Waals surface area contributed by atoms with E-state index in [1.807, 2.05) is 0 Å². The molecule has 0 radical (unpaired) electrons. The molecule has 0 spiro atoms. The van der Waals surface area contributed by atoms with Crippen molar-refractivity contribution in [3.05, 3.63) is 41.3 Å². The largest absolute Gasteiger partial charge is 0.326 e. The van der Waals surface area contributed by atoms with E-state index < -0.39 is 19.9 Å². The Morgan fingerprint density at radius 2 is 1.68 bits per heavy atom.